The van der Waals surface area contributed by atoms with Gasteiger partial charge >= 0.3 is 29.6 Å². The van der Waals surface area contributed by atoms with Crippen molar-refractivity contribution in [1.82, 2.24) is 0 Å². The number of hydrogen-bond acceptors (Lipinski definition) is 2. The molecule has 1 aliphatic heterocycles. The normalized spacial score (nSPS) is 13.7. The fraction of sp³-hybridized carbons (Fsp3) is 0. The van der Waals surface area contributed by atoms with Crippen LogP contribution in [0.25, 0.3) is 0 Å². The van der Waals surface area contributed by atoms with Crippen molar-refractivity contribution in [3.63, 3.8) is 0 Å². The molecule has 3 heteroatoms. The molecule has 2 nitrogen and oxygen atoms in total. The van der Waals surface area contributed by atoms with Crippen LogP contribution in [-0.2, 0) is 9.78 Å². The van der Waals surface area contributed by atoms with Crippen molar-refractivity contribution in [2.45, 2.75) is 0 Å². The summed E-state index contributed by atoms with van der Waals surface area (Å²) in [5, 5.41) is 0. The van der Waals surface area contributed by atoms with Crippen LogP contribution in [0.3, 0.4) is 0 Å². The van der Waals surface area contributed by atoms with E-state index in [0.717, 1.165) is 0 Å². The topological polar surface area (TPSA) is 18.5 Å². The van der Waals surface area contributed by atoms with Crippen LogP contribution in [-0.4, -0.2) is 29.6 Å². The predicted octanol–water partition coefficient (Wildman–Crippen LogP) is 0.327. The van der Waals surface area contributed by atoms with Crippen LogP contribution in [0.5, 0.6) is 0 Å². The minimum atomic E-state index is 0. The number of hydrogen-bond donors (Lipinski definition) is 0. The van der Waals surface area contributed by atoms with E-state index in [1.165, 1.54) is 12.5 Å². The molecule has 0 aromatic rings. The van der Waals surface area contributed by atoms with E-state index in [1.807, 2.05) is 0 Å². The van der Waals surface area contributed by atoms with Gasteiger partial charge in [0.15, 0.2) is 0 Å². The zero-order valence-corrected chi connectivity index (χ0v) is 3.13. The van der Waals surface area contributed by atoms with Crippen molar-refractivity contribution in [2.75, 3.05) is 0 Å². The SMILES string of the molecule is C1=COOC=C1.[NaH]. The van der Waals surface area contributed by atoms with Crippen LogP contribution in [0.2, 0.25) is 0 Å². The maximum absolute atomic E-state index is 4.30. The molecule has 0 unspecified atom stereocenters. The van der Waals surface area contributed by atoms with E-state index >= 15 is 0 Å². The Morgan fingerprint density at radius 1 is 0.857 bits per heavy atom. The van der Waals surface area contributed by atoms with Crippen LogP contribution < -0.4 is 0 Å². The van der Waals surface area contributed by atoms with Gasteiger partial charge in [-0.15, -0.1) is 0 Å². The average Bonchev–Trinajstić information content (AvgIpc) is 1.72. The van der Waals surface area contributed by atoms with E-state index in [4.69, 9.17) is 0 Å². The van der Waals surface area contributed by atoms with Crippen molar-refractivity contribution in [3.8, 4) is 0 Å². The molecule has 0 saturated heterocycles. The molecule has 1 aliphatic rings. The zero-order valence-electron chi connectivity index (χ0n) is 3.13. The second kappa shape index (κ2) is 4.24. The van der Waals surface area contributed by atoms with Crippen LogP contribution in [0, 0.1) is 0 Å². The molecule has 0 amide bonds. The first-order valence-electron chi connectivity index (χ1n) is 1.64. The standard InChI is InChI=1S/C4H4O2.Na.H/c1-2-4-6-5-3-1;;/h1-4H;;. The Hall–Kier alpha value is 0.0800. The average molecular weight is 108 g/mol. The predicted molar refractivity (Wildman–Crippen MR) is 27.6 cm³/mol. The Kier molecular flexibility index (Phi) is 4.29. The Morgan fingerprint density at radius 2 is 1.29 bits per heavy atom. The first-order valence-corrected chi connectivity index (χ1v) is 1.64. The molecule has 0 radical (unpaired) electrons. The molecule has 34 valence electrons. The van der Waals surface area contributed by atoms with Crippen molar-refractivity contribution in [3.05, 3.63) is 24.7 Å². The second-order valence-electron chi connectivity index (χ2n) is 0.850. The van der Waals surface area contributed by atoms with E-state index < -0.39 is 0 Å². The number of rotatable bonds is 0. The molecule has 0 fully saturated rings. The van der Waals surface area contributed by atoms with Gasteiger partial charge in [0.2, 0.25) is 0 Å². The van der Waals surface area contributed by atoms with Gasteiger partial charge in [-0.1, -0.05) is 0 Å². The number of allylic oxidation sites excluding steroid dienone is 2. The first kappa shape index (κ1) is 7.08. The molecule has 0 bridgehead atoms. The van der Waals surface area contributed by atoms with Gasteiger partial charge in [0.05, 0.1) is 0 Å². The molecule has 0 aliphatic carbocycles. The Balaban J connectivity index is 0.000000360. The van der Waals surface area contributed by atoms with Crippen molar-refractivity contribution in [2.24, 2.45) is 0 Å². The van der Waals surface area contributed by atoms with Crippen molar-refractivity contribution < 1.29 is 9.78 Å². The van der Waals surface area contributed by atoms with E-state index in [1.54, 1.807) is 12.2 Å². The Bertz CT molecular complexity index is 75.7. The molecule has 0 atom stereocenters. The Labute approximate surface area is 64.0 Å². The summed E-state index contributed by atoms with van der Waals surface area (Å²) in [5.74, 6) is 0. The summed E-state index contributed by atoms with van der Waals surface area (Å²) in [6.07, 6.45) is 6.40. The molecular formula is C4H5NaO2. The zero-order chi connectivity index (χ0) is 4.24. The van der Waals surface area contributed by atoms with Crippen LogP contribution in [0.15, 0.2) is 24.7 Å². The van der Waals surface area contributed by atoms with E-state index in [9.17, 15) is 0 Å². The summed E-state index contributed by atoms with van der Waals surface area (Å²) in [7, 11) is 0. The van der Waals surface area contributed by atoms with Crippen LogP contribution >= 0.6 is 0 Å². The molecule has 0 aromatic heterocycles. The van der Waals surface area contributed by atoms with Gasteiger partial charge in [-0.05, 0) is 12.2 Å². The van der Waals surface area contributed by atoms with Gasteiger partial charge in [0.25, 0.3) is 0 Å². The van der Waals surface area contributed by atoms with E-state index in [2.05, 4.69) is 9.78 Å². The third-order valence-electron chi connectivity index (χ3n) is 0.435. The third-order valence-corrected chi connectivity index (χ3v) is 0.435. The molecule has 1 rings (SSSR count). The molecule has 0 saturated carbocycles. The van der Waals surface area contributed by atoms with Gasteiger partial charge in [-0.25, -0.2) is 0 Å². The molecule has 7 heavy (non-hydrogen) atoms. The summed E-state index contributed by atoms with van der Waals surface area (Å²) in [4.78, 5) is 8.60. The maximum atomic E-state index is 4.30. The van der Waals surface area contributed by atoms with E-state index in [-0.39, 0.29) is 29.6 Å². The second-order valence-corrected chi connectivity index (χ2v) is 0.850. The summed E-state index contributed by atoms with van der Waals surface area (Å²) < 4.78 is 0. The van der Waals surface area contributed by atoms with Crippen LogP contribution in [0.4, 0.5) is 0 Å². The van der Waals surface area contributed by atoms with E-state index in [0.29, 0.717) is 0 Å². The summed E-state index contributed by atoms with van der Waals surface area (Å²) in [6, 6.07) is 0. The molecule has 1 heterocycles. The van der Waals surface area contributed by atoms with Crippen molar-refractivity contribution in [1.29, 1.82) is 0 Å². The van der Waals surface area contributed by atoms with Gasteiger partial charge in [0.1, 0.15) is 12.5 Å². The monoisotopic (exact) mass is 108 g/mol. The molecule has 0 spiro atoms. The van der Waals surface area contributed by atoms with Crippen LogP contribution in [0.1, 0.15) is 0 Å². The van der Waals surface area contributed by atoms with Gasteiger partial charge < -0.3 is 0 Å². The fourth-order valence-corrected chi connectivity index (χ4v) is 0.219. The fourth-order valence-electron chi connectivity index (χ4n) is 0.219. The molecular weight excluding hydrogens is 103 g/mol. The minimum absolute atomic E-state index is 0. The van der Waals surface area contributed by atoms with Gasteiger partial charge in [0, 0.05) is 0 Å². The van der Waals surface area contributed by atoms with Crippen molar-refractivity contribution >= 4 is 29.6 Å². The molecule has 0 aromatic carbocycles. The first-order chi connectivity index (χ1) is 3.00. The van der Waals surface area contributed by atoms with Gasteiger partial charge in [-0.3, -0.25) is 9.78 Å². The Morgan fingerprint density at radius 3 is 1.43 bits per heavy atom. The summed E-state index contributed by atoms with van der Waals surface area (Å²) in [6.45, 7) is 0. The van der Waals surface area contributed by atoms with Gasteiger partial charge in [-0.2, -0.15) is 0 Å². The summed E-state index contributed by atoms with van der Waals surface area (Å²) in [5.41, 5.74) is 0. The quantitative estimate of drug-likeness (QED) is 0.329. The molecule has 0 N–H and O–H groups in total. The summed E-state index contributed by atoms with van der Waals surface area (Å²) >= 11 is 0. The third kappa shape index (κ3) is 2.74.